The molecule has 1 aliphatic carbocycles. The highest BCUT2D eigenvalue weighted by Gasteiger charge is 2.83. The van der Waals surface area contributed by atoms with Gasteiger partial charge in [0.15, 0.2) is 0 Å². The highest BCUT2D eigenvalue weighted by molar-refractivity contribution is 6.12. The van der Waals surface area contributed by atoms with Crippen LogP contribution in [0.4, 0.5) is 0 Å². The number of hydrogen-bond donors (Lipinski definition) is 0. The van der Waals surface area contributed by atoms with E-state index >= 15 is 0 Å². The van der Waals surface area contributed by atoms with Crippen molar-refractivity contribution in [2.24, 2.45) is 0 Å². The zero-order chi connectivity index (χ0) is 36.6. The lowest BCUT2D eigenvalue weighted by Crippen LogP contribution is -2.41. The summed E-state index contributed by atoms with van der Waals surface area (Å²) in [6, 6.07) is 70.9. The van der Waals surface area contributed by atoms with Crippen LogP contribution in [0.25, 0.3) is 38.6 Å². The van der Waals surface area contributed by atoms with Crippen LogP contribution in [0, 0.1) is 0 Å². The molecular weight excluding hydrogens is 683 g/mol. The van der Waals surface area contributed by atoms with Crippen molar-refractivity contribution in [1.82, 2.24) is 4.57 Å². The lowest BCUT2D eigenvalue weighted by atomic mass is 9.57. The van der Waals surface area contributed by atoms with Crippen LogP contribution in [0.5, 0.6) is 11.5 Å². The zero-order valence-corrected chi connectivity index (χ0v) is 30.5. The van der Waals surface area contributed by atoms with Crippen LogP contribution >= 0.6 is 0 Å². The molecule has 4 unspecified atom stereocenters. The Labute approximate surface area is 325 Å². The number of epoxide rings is 1. The summed E-state index contributed by atoms with van der Waals surface area (Å²) < 4.78 is 16.5. The van der Waals surface area contributed by atoms with E-state index in [1.165, 1.54) is 60.9 Å². The summed E-state index contributed by atoms with van der Waals surface area (Å²) in [6.45, 7) is 0. The Morgan fingerprint density at radius 2 is 1.14 bits per heavy atom. The average Bonchev–Trinajstić information content (AvgIpc) is 3.64. The summed E-state index contributed by atoms with van der Waals surface area (Å²) in [7, 11) is 0. The number of aromatic nitrogens is 1. The summed E-state index contributed by atoms with van der Waals surface area (Å²) in [4.78, 5) is 0. The topological polar surface area (TPSA) is 26.7 Å². The third-order valence-electron chi connectivity index (χ3n) is 13.5. The van der Waals surface area contributed by atoms with E-state index in [9.17, 15) is 0 Å². The van der Waals surface area contributed by atoms with Crippen LogP contribution in [-0.2, 0) is 21.4 Å². The van der Waals surface area contributed by atoms with Crippen molar-refractivity contribution in [2.75, 3.05) is 0 Å². The fourth-order valence-corrected chi connectivity index (χ4v) is 11.2. The molecule has 3 aliphatic heterocycles. The van der Waals surface area contributed by atoms with Gasteiger partial charge in [0.25, 0.3) is 0 Å². The second kappa shape index (κ2) is 10.8. The van der Waals surface area contributed by atoms with E-state index in [1.54, 1.807) is 0 Å². The maximum absolute atomic E-state index is 7.09. The van der Waals surface area contributed by atoms with E-state index in [-0.39, 0.29) is 17.1 Å². The number of ether oxygens (including phenoxy) is 2. The number of fused-ring (bicyclic) bond motifs is 12. The van der Waals surface area contributed by atoms with Gasteiger partial charge in [-0.2, -0.15) is 0 Å². The van der Waals surface area contributed by atoms with E-state index < -0.39 is 5.41 Å². The molecule has 8 aromatic carbocycles. The third kappa shape index (κ3) is 3.58. The Kier molecular flexibility index (Phi) is 5.88. The van der Waals surface area contributed by atoms with Crippen LogP contribution in [-0.4, -0.2) is 4.57 Å². The number of nitrogens with zero attached hydrogens (tertiary/aromatic N) is 1. The monoisotopic (exact) mass is 717 g/mol. The van der Waals surface area contributed by atoms with E-state index in [1.807, 2.05) is 0 Å². The van der Waals surface area contributed by atoms with Crippen molar-refractivity contribution in [3.8, 4) is 28.3 Å². The molecular formula is C53H35NO2. The molecule has 3 heteroatoms. The maximum Gasteiger partial charge on any atom is 0.140 e. The molecule has 9 aromatic rings. The molecule has 1 saturated carbocycles. The first-order chi connectivity index (χ1) is 27.7. The van der Waals surface area contributed by atoms with Gasteiger partial charge in [0.1, 0.15) is 22.7 Å². The predicted octanol–water partition coefficient (Wildman–Crippen LogP) is 12.6. The summed E-state index contributed by atoms with van der Waals surface area (Å²) in [5.41, 5.74) is 13.3. The van der Waals surface area contributed by atoms with Crippen LogP contribution in [0.3, 0.4) is 0 Å². The van der Waals surface area contributed by atoms with Crippen LogP contribution < -0.4 is 4.74 Å². The molecule has 2 fully saturated rings. The molecule has 13 rings (SSSR count). The number of benzene rings is 8. The summed E-state index contributed by atoms with van der Waals surface area (Å²) in [5, 5.41) is 2.54. The summed E-state index contributed by atoms with van der Waals surface area (Å²) in [6.07, 6.45) is 0.954. The smallest absolute Gasteiger partial charge is 0.140 e. The van der Waals surface area contributed by atoms with Gasteiger partial charge in [0.2, 0.25) is 0 Å². The fraction of sp³-hybridized carbons (Fsp3) is 0.0943. The van der Waals surface area contributed by atoms with Crippen LogP contribution in [0.1, 0.15) is 51.3 Å². The van der Waals surface area contributed by atoms with Gasteiger partial charge in [0, 0.05) is 33.4 Å². The molecule has 1 spiro atoms. The number of rotatable bonds is 4. The van der Waals surface area contributed by atoms with E-state index in [0.717, 1.165) is 34.6 Å². The molecule has 1 aromatic heterocycles. The molecule has 264 valence electrons. The molecule has 4 heterocycles. The molecule has 3 nitrogen and oxygen atoms in total. The van der Waals surface area contributed by atoms with E-state index in [2.05, 4.69) is 199 Å². The lowest BCUT2D eigenvalue weighted by molar-refractivity contribution is 0.276. The van der Waals surface area contributed by atoms with Gasteiger partial charge in [-0.05, 0) is 58.0 Å². The van der Waals surface area contributed by atoms with Crippen molar-refractivity contribution in [2.45, 2.75) is 29.0 Å². The van der Waals surface area contributed by atoms with E-state index in [4.69, 9.17) is 9.47 Å². The second-order valence-electron chi connectivity index (χ2n) is 15.9. The lowest BCUT2D eigenvalue weighted by Gasteiger charge is -2.45. The van der Waals surface area contributed by atoms with E-state index in [0.29, 0.717) is 0 Å². The quantitative estimate of drug-likeness (QED) is 0.169. The maximum atomic E-state index is 7.09. The van der Waals surface area contributed by atoms with Crippen LogP contribution in [0.15, 0.2) is 194 Å². The fourth-order valence-electron chi connectivity index (χ4n) is 11.2. The second-order valence-corrected chi connectivity index (χ2v) is 15.9. The van der Waals surface area contributed by atoms with Crippen molar-refractivity contribution >= 4 is 21.8 Å². The van der Waals surface area contributed by atoms with Crippen molar-refractivity contribution in [3.05, 3.63) is 233 Å². The molecule has 56 heavy (non-hydrogen) atoms. The molecule has 0 N–H and O–H groups in total. The minimum atomic E-state index is -0.599. The first-order valence-corrected chi connectivity index (χ1v) is 19.7. The minimum Gasteiger partial charge on any atom is -0.456 e. The molecule has 1 saturated heterocycles. The molecule has 4 aliphatic rings. The normalized spacial score (nSPS) is 23.4. The summed E-state index contributed by atoms with van der Waals surface area (Å²) in [5.74, 6) is 2.05. The highest BCUT2D eigenvalue weighted by Crippen LogP contribution is 2.80. The van der Waals surface area contributed by atoms with Crippen molar-refractivity contribution < 1.29 is 9.47 Å². The van der Waals surface area contributed by atoms with Crippen LogP contribution in [0.2, 0.25) is 0 Å². The third-order valence-corrected chi connectivity index (χ3v) is 13.5. The first kappa shape index (κ1) is 30.6. The van der Waals surface area contributed by atoms with Gasteiger partial charge in [-0.3, -0.25) is 0 Å². The molecule has 0 bridgehead atoms. The van der Waals surface area contributed by atoms with Gasteiger partial charge >= 0.3 is 0 Å². The zero-order valence-electron chi connectivity index (χ0n) is 30.5. The number of hydrogen-bond acceptors (Lipinski definition) is 2. The Balaban J connectivity index is 0.992. The standard InChI is InChI=1S/C53H35NO2/c1-3-15-36(16-4-1)51-33-45(53(51,56-51)37-17-5-2-6-18-37)35-31-29-34(30-32-35)38-20-13-25-44-50(38)55-48-28-12-9-23-42(48)52(44)41-22-8-11-27-47(41)54-46-26-10-7-19-39(46)40-21-14-24-43(52)49(40)54/h1-32,45H,33H2. The number of para-hydroxylation sites is 5. The molecule has 0 amide bonds. The minimum absolute atomic E-state index is 0.251. The Hall–Kier alpha value is -6.68. The Morgan fingerprint density at radius 1 is 0.500 bits per heavy atom. The molecule has 0 radical (unpaired) electrons. The highest BCUT2D eigenvalue weighted by atomic mass is 16.6. The van der Waals surface area contributed by atoms with Crippen molar-refractivity contribution in [3.63, 3.8) is 0 Å². The van der Waals surface area contributed by atoms with Gasteiger partial charge < -0.3 is 14.0 Å². The van der Waals surface area contributed by atoms with Gasteiger partial charge in [-0.15, -0.1) is 0 Å². The average molecular weight is 718 g/mol. The van der Waals surface area contributed by atoms with Gasteiger partial charge in [-0.25, -0.2) is 0 Å². The predicted molar refractivity (Wildman–Crippen MR) is 223 cm³/mol. The van der Waals surface area contributed by atoms with Crippen molar-refractivity contribution in [1.29, 1.82) is 0 Å². The SMILES string of the molecule is c1ccc(C23CC(c4ccc(-c5cccc6c5Oc5ccccc5C65c6ccccc6-n6c7ccccc7c7cccc5c76)cc4)C2(c2ccccc2)O3)cc1. The first-order valence-electron chi connectivity index (χ1n) is 19.7. The Morgan fingerprint density at radius 3 is 1.98 bits per heavy atom. The largest absolute Gasteiger partial charge is 0.456 e. The summed E-state index contributed by atoms with van der Waals surface area (Å²) >= 11 is 0. The van der Waals surface area contributed by atoms with Gasteiger partial charge in [-0.1, -0.05) is 176 Å². The Bertz CT molecular complexity index is 3070. The van der Waals surface area contributed by atoms with Gasteiger partial charge in [0.05, 0.1) is 22.1 Å². The molecule has 4 atom stereocenters.